The van der Waals surface area contributed by atoms with Crippen LogP contribution in [-0.4, -0.2) is 46.9 Å². The van der Waals surface area contributed by atoms with Gasteiger partial charge in [0, 0.05) is 31.1 Å². The lowest BCUT2D eigenvalue weighted by atomic mass is 10.1. The van der Waals surface area contributed by atoms with Gasteiger partial charge < -0.3 is 15.3 Å². The van der Waals surface area contributed by atoms with Gasteiger partial charge in [-0.2, -0.15) is 0 Å². The van der Waals surface area contributed by atoms with Crippen LogP contribution in [0.1, 0.15) is 43.0 Å². The summed E-state index contributed by atoms with van der Waals surface area (Å²) in [6, 6.07) is 9.12. The Morgan fingerprint density at radius 1 is 1.25 bits per heavy atom. The second kappa shape index (κ2) is 8.47. The molecule has 1 saturated carbocycles. The summed E-state index contributed by atoms with van der Waals surface area (Å²) in [6.07, 6.45) is 2.76. The Balaban J connectivity index is 1.73. The maximum atomic E-state index is 12.3. The molecule has 2 N–H and O–H groups in total. The van der Waals surface area contributed by atoms with Crippen LogP contribution in [-0.2, 0) is 9.59 Å². The third-order valence-corrected chi connectivity index (χ3v) is 4.09. The summed E-state index contributed by atoms with van der Waals surface area (Å²) in [5, 5.41) is 11.8. The summed E-state index contributed by atoms with van der Waals surface area (Å²) in [5.74, 6) is -1.63. The van der Waals surface area contributed by atoms with E-state index in [-0.39, 0.29) is 24.4 Å². The van der Waals surface area contributed by atoms with Crippen LogP contribution >= 0.6 is 0 Å². The van der Waals surface area contributed by atoms with Crippen LogP contribution in [0.4, 0.5) is 0 Å². The Morgan fingerprint density at radius 3 is 2.50 bits per heavy atom. The highest BCUT2D eigenvalue weighted by Crippen LogP contribution is 2.28. The number of aliphatic carboxylic acids is 1. The molecule has 1 fully saturated rings. The normalized spacial score (nSPS) is 14.7. The minimum atomic E-state index is -0.886. The predicted molar refractivity (Wildman–Crippen MR) is 89.5 cm³/mol. The first-order chi connectivity index (χ1) is 11.5. The zero-order chi connectivity index (χ0) is 17.5. The number of carboxylic acids is 1. The quantitative estimate of drug-likeness (QED) is 0.676. The van der Waals surface area contributed by atoms with Gasteiger partial charge in [0.25, 0.3) is 5.91 Å². The largest absolute Gasteiger partial charge is 0.481 e. The van der Waals surface area contributed by atoms with Crippen LogP contribution in [0.25, 0.3) is 0 Å². The fraction of sp³-hybridized carbons (Fsp3) is 0.500. The average Bonchev–Trinajstić information content (AvgIpc) is 3.41. The molecule has 24 heavy (non-hydrogen) atoms. The summed E-state index contributed by atoms with van der Waals surface area (Å²) in [4.78, 5) is 36.9. The lowest BCUT2D eigenvalue weighted by Crippen LogP contribution is -2.38. The van der Waals surface area contributed by atoms with E-state index in [1.807, 2.05) is 6.07 Å². The number of benzene rings is 1. The van der Waals surface area contributed by atoms with Crippen LogP contribution in [0, 0.1) is 5.92 Å². The number of carbonyl (C=O) groups excluding carboxylic acids is 2. The Morgan fingerprint density at radius 2 is 1.92 bits per heavy atom. The topological polar surface area (TPSA) is 86.7 Å². The molecule has 6 heteroatoms. The van der Waals surface area contributed by atoms with E-state index in [9.17, 15) is 14.4 Å². The van der Waals surface area contributed by atoms with Gasteiger partial charge in [-0.15, -0.1) is 0 Å². The van der Waals surface area contributed by atoms with Gasteiger partial charge >= 0.3 is 5.97 Å². The standard InChI is InChI=1S/C18H24N2O4/c1-13(18(23)24)12-20(15-9-10-15)16(21)8-5-11-19-17(22)14-6-3-2-4-7-14/h2-4,6-7,13,15H,5,8-12H2,1H3,(H,19,22)(H,23,24). The van der Waals surface area contributed by atoms with Crippen LogP contribution in [0.15, 0.2) is 30.3 Å². The fourth-order valence-electron chi connectivity index (χ4n) is 2.49. The smallest absolute Gasteiger partial charge is 0.308 e. The van der Waals surface area contributed by atoms with Crippen LogP contribution in [0.2, 0.25) is 0 Å². The molecule has 0 bridgehead atoms. The van der Waals surface area contributed by atoms with Crippen molar-refractivity contribution in [3.05, 3.63) is 35.9 Å². The predicted octanol–water partition coefficient (Wildman–Crippen LogP) is 1.91. The Kier molecular flexibility index (Phi) is 6.35. The molecule has 0 saturated heterocycles. The number of rotatable bonds is 9. The lowest BCUT2D eigenvalue weighted by molar-refractivity contribution is -0.143. The number of nitrogens with zero attached hydrogens (tertiary/aromatic N) is 1. The Labute approximate surface area is 141 Å². The van der Waals surface area contributed by atoms with Crippen molar-refractivity contribution in [3.63, 3.8) is 0 Å². The van der Waals surface area contributed by atoms with Crippen molar-refractivity contribution in [2.75, 3.05) is 13.1 Å². The minimum absolute atomic E-state index is 0.0282. The molecule has 0 spiro atoms. The van der Waals surface area contributed by atoms with Crippen molar-refractivity contribution in [3.8, 4) is 0 Å². The monoisotopic (exact) mass is 332 g/mol. The molecule has 130 valence electrons. The second-order valence-electron chi connectivity index (χ2n) is 6.24. The van der Waals surface area contributed by atoms with Gasteiger partial charge in [-0.05, 0) is 31.4 Å². The molecule has 1 unspecified atom stereocenters. The van der Waals surface area contributed by atoms with Gasteiger partial charge in [0.2, 0.25) is 5.91 Å². The number of carbonyl (C=O) groups is 3. The van der Waals surface area contributed by atoms with Gasteiger partial charge in [-0.25, -0.2) is 0 Å². The number of hydrogen-bond donors (Lipinski definition) is 2. The molecular weight excluding hydrogens is 308 g/mol. The summed E-state index contributed by atoms with van der Waals surface area (Å²) in [7, 11) is 0. The first kappa shape index (κ1) is 18.0. The third-order valence-electron chi connectivity index (χ3n) is 4.09. The number of amides is 2. The van der Waals surface area contributed by atoms with Gasteiger partial charge in [-0.1, -0.05) is 25.1 Å². The van der Waals surface area contributed by atoms with Crippen molar-refractivity contribution >= 4 is 17.8 Å². The Bertz CT molecular complexity index is 584. The fourth-order valence-corrected chi connectivity index (χ4v) is 2.49. The first-order valence-corrected chi connectivity index (χ1v) is 8.34. The minimum Gasteiger partial charge on any atom is -0.481 e. The molecule has 0 aromatic heterocycles. The average molecular weight is 332 g/mol. The molecule has 2 amide bonds. The number of nitrogens with one attached hydrogen (secondary N) is 1. The van der Waals surface area contributed by atoms with E-state index in [2.05, 4.69) is 5.32 Å². The van der Waals surface area contributed by atoms with E-state index in [0.717, 1.165) is 12.8 Å². The van der Waals surface area contributed by atoms with E-state index >= 15 is 0 Å². The lowest BCUT2D eigenvalue weighted by Gasteiger charge is -2.24. The highest BCUT2D eigenvalue weighted by molar-refractivity contribution is 5.94. The van der Waals surface area contributed by atoms with Gasteiger partial charge in [-0.3, -0.25) is 14.4 Å². The molecule has 0 aliphatic heterocycles. The number of hydrogen-bond acceptors (Lipinski definition) is 3. The first-order valence-electron chi connectivity index (χ1n) is 8.34. The molecule has 1 aromatic rings. The highest BCUT2D eigenvalue weighted by Gasteiger charge is 2.33. The summed E-state index contributed by atoms with van der Waals surface area (Å²) in [6.45, 7) is 2.30. The van der Waals surface area contributed by atoms with E-state index in [4.69, 9.17) is 5.11 Å². The SMILES string of the molecule is CC(CN(C(=O)CCCNC(=O)c1ccccc1)C1CC1)C(=O)O. The third kappa shape index (κ3) is 5.37. The molecule has 0 heterocycles. The summed E-state index contributed by atoms with van der Waals surface area (Å²) in [5.41, 5.74) is 0.596. The molecular formula is C18H24N2O4. The van der Waals surface area contributed by atoms with Crippen molar-refractivity contribution in [1.29, 1.82) is 0 Å². The van der Waals surface area contributed by atoms with Gasteiger partial charge in [0.05, 0.1) is 5.92 Å². The maximum Gasteiger partial charge on any atom is 0.308 e. The van der Waals surface area contributed by atoms with Gasteiger partial charge in [0.15, 0.2) is 0 Å². The van der Waals surface area contributed by atoms with E-state index in [0.29, 0.717) is 24.9 Å². The number of carboxylic acid groups (broad SMARTS) is 1. The zero-order valence-electron chi connectivity index (χ0n) is 13.9. The molecule has 1 aromatic carbocycles. The molecule has 6 nitrogen and oxygen atoms in total. The molecule has 1 atom stereocenters. The molecule has 2 rings (SSSR count). The summed E-state index contributed by atoms with van der Waals surface area (Å²) < 4.78 is 0. The zero-order valence-corrected chi connectivity index (χ0v) is 13.9. The molecule has 1 aliphatic rings. The van der Waals surface area contributed by atoms with E-state index < -0.39 is 11.9 Å². The molecule has 1 aliphatic carbocycles. The van der Waals surface area contributed by atoms with Crippen LogP contribution < -0.4 is 5.32 Å². The van der Waals surface area contributed by atoms with Crippen LogP contribution in [0.5, 0.6) is 0 Å². The second-order valence-corrected chi connectivity index (χ2v) is 6.24. The van der Waals surface area contributed by atoms with Crippen molar-refractivity contribution in [1.82, 2.24) is 10.2 Å². The molecule has 0 radical (unpaired) electrons. The van der Waals surface area contributed by atoms with Gasteiger partial charge in [0.1, 0.15) is 0 Å². The van der Waals surface area contributed by atoms with Crippen molar-refractivity contribution in [2.45, 2.75) is 38.6 Å². The highest BCUT2D eigenvalue weighted by atomic mass is 16.4. The van der Waals surface area contributed by atoms with Crippen molar-refractivity contribution in [2.24, 2.45) is 5.92 Å². The maximum absolute atomic E-state index is 12.3. The summed E-state index contributed by atoms with van der Waals surface area (Å²) >= 11 is 0. The van der Waals surface area contributed by atoms with Crippen molar-refractivity contribution < 1.29 is 19.5 Å². The Hall–Kier alpha value is -2.37. The van der Waals surface area contributed by atoms with Crippen LogP contribution in [0.3, 0.4) is 0 Å². The van der Waals surface area contributed by atoms with E-state index in [1.165, 1.54) is 0 Å². The van der Waals surface area contributed by atoms with E-state index in [1.54, 1.807) is 36.1 Å².